The molecule has 1 unspecified atom stereocenters. The molecule has 0 aromatic heterocycles. The Labute approximate surface area is 120 Å². The van der Waals surface area contributed by atoms with Gasteiger partial charge in [-0.15, -0.1) is 0 Å². The third kappa shape index (κ3) is 4.23. The maximum absolute atomic E-state index is 12.1. The average Bonchev–Trinajstić information content (AvgIpc) is 2.49. The molecule has 0 heterocycles. The van der Waals surface area contributed by atoms with E-state index in [1.54, 1.807) is 12.1 Å². The third-order valence-electron chi connectivity index (χ3n) is 3.20. The van der Waals surface area contributed by atoms with Crippen LogP contribution in [0.25, 0.3) is 0 Å². The molecule has 0 aliphatic heterocycles. The van der Waals surface area contributed by atoms with Gasteiger partial charge in [0.25, 0.3) is 0 Å². The van der Waals surface area contributed by atoms with Crippen molar-refractivity contribution in [3.63, 3.8) is 0 Å². The molecule has 2 aromatic rings. The average molecular weight is 268 g/mol. The molecular formula is C18H20O2. The topological polar surface area (TPSA) is 26.3 Å². The minimum Gasteiger partial charge on any atom is -0.458 e. The molecule has 1 atom stereocenters. The van der Waals surface area contributed by atoms with Crippen LogP contribution in [0.5, 0.6) is 0 Å². The predicted molar refractivity (Wildman–Crippen MR) is 80.7 cm³/mol. The molecule has 2 nitrogen and oxygen atoms in total. The van der Waals surface area contributed by atoms with E-state index in [1.807, 2.05) is 36.4 Å². The van der Waals surface area contributed by atoms with Gasteiger partial charge in [0.1, 0.15) is 6.10 Å². The normalized spacial score (nSPS) is 11.8. The molecule has 2 rings (SSSR count). The van der Waals surface area contributed by atoms with Crippen LogP contribution in [0, 0.1) is 0 Å². The van der Waals surface area contributed by atoms with Crippen LogP contribution in [-0.4, -0.2) is 12.1 Å². The molecular weight excluding hydrogens is 248 g/mol. The van der Waals surface area contributed by atoms with E-state index < -0.39 is 0 Å². The fourth-order valence-electron chi connectivity index (χ4n) is 2.20. The highest BCUT2D eigenvalue weighted by atomic mass is 16.5. The lowest BCUT2D eigenvalue weighted by atomic mass is 10.0. The number of ether oxygens (including phenoxy) is 1. The molecule has 0 saturated carbocycles. The monoisotopic (exact) mass is 268 g/mol. The molecule has 20 heavy (non-hydrogen) atoms. The van der Waals surface area contributed by atoms with E-state index in [2.05, 4.69) is 19.1 Å². The molecule has 0 N–H and O–H groups in total. The Kier molecular flexibility index (Phi) is 5.36. The van der Waals surface area contributed by atoms with Gasteiger partial charge < -0.3 is 4.74 Å². The first-order chi connectivity index (χ1) is 9.79. The lowest BCUT2D eigenvalue weighted by molar-refractivity contribution is 0.0281. The van der Waals surface area contributed by atoms with Gasteiger partial charge in [-0.3, -0.25) is 0 Å². The smallest absolute Gasteiger partial charge is 0.338 e. The number of carbonyl (C=O) groups is 1. The van der Waals surface area contributed by atoms with Crippen molar-refractivity contribution in [2.75, 3.05) is 0 Å². The minimum atomic E-state index is -0.236. The summed E-state index contributed by atoms with van der Waals surface area (Å²) in [5, 5.41) is 0. The summed E-state index contributed by atoms with van der Waals surface area (Å²) in [4.78, 5) is 12.1. The van der Waals surface area contributed by atoms with Gasteiger partial charge in [-0.2, -0.15) is 0 Å². The minimum absolute atomic E-state index is 0.0601. The summed E-state index contributed by atoms with van der Waals surface area (Å²) in [6.07, 6.45) is 2.59. The lowest BCUT2D eigenvalue weighted by Gasteiger charge is -2.17. The Hall–Kier alpha value is -2.09. The SMILES string of the molecule is CCCC(Cc1ccccc1)OC(=O)c1ccccc1. The summed E-state index contributed by atoms with van der Waals surface area (Å²) in [5.74, 6) is -0.236. The summed E-state index contributed by atoms with van der Waals surface area (Å²) in [5.41, 5.74) is 1.81. The highest BCUT2D eigenvalue weighted by Crippen LogP contribution is 2.13. The number of rotatable bonds is 6. The maximum atomic E-state index is 12.1. The van der Waals surface area contributed by atoms with Crippen molar-refractivity contribution >= 4 is 5.97 Å². The second-order valence-corrected chi connectivity index (χ2v) is 4.87. The number of carbonyl (C=O) groups excluding carboxylic acids is 1. The number of esters is 1. The first-order valence-corrected chi connectivity index (χ1v) is 7.09. The highest BCUT2D eigenvalue weighted by Gasteiger charge is 2.15. The summed E-state index contributed by atoms with van der Waals surface area (Å²) in [6, 6.07) is 19.3. The van der Waals surface area contributed by atoms with E-state index in [9.17, 15) is 4.79 Å². The van der Waals surface area contributed by atoms with Gasteiger partial charge >= 0.3 is 5.97 Å². The van der Waals surface area contributed by atoms with Gasteiger partial charge in [0, 0.05) is 6.42 Å². The number of hydrogen-bond donors (Lipinski definition) is 0. The van der Waals surface area contributed by atoms with Gasteiger partial charge in [-0.25, -0.2) is 4.79 Å². The van der Waals surface area contributed by atoms with Crippen molar-refractivity contribution in [1.29, 1.82) is 0 Å². The molecule has 0 spiro atoms. The van der Waals surface area contributed by atoms with E-state index >= 15 is 0 Å². The summed E-state index contributed by atoms with van der Waals surface area (Å²) >= 11 is 0. The lowest BCUT2D eigenvalue weighted by Crippen LogP contribution is -2.20. The fourth-order valence-corrected chi connectivity index (χ4v) is 2.20. The molecule has 0 amide bonds. The number of benzene rings is 2. The van der Waals surface area contributed by atoms with Gasteiger partial charge in [-0.1, -0.05) is 61.9 Å². The van der Waals surface area contributed by atoms with Gasteiger partial charge in [-0.05, 0) is 24.1 Å². The molecule has 2 heteroatoms. The molecule has 0 saturated heterocycles. The van der Waals surface area contributed by atoms with E-state index in [0.29, 0.717) is 5.56 Å². The van der Waals surface area contributed by atoms with E-state index in [-0.39, 0.29) is 12.1 Å². The van der Waals surface area contributed by atoms with E-state index in [0.717, 1.165) is 19.3 Å². The van der Waals surface area contributed by atoms with Crippen LogP contribution >= 0.6 is 0 Å². The molecule has 0 bridgehead atoms. The van der Waals surface area contributed by atoms with Crippen molar-refractivity contribution in [1.82, 2.24) is 0 Å². The van der Waals surface area contributed by atoms with Crippen molar-refractivity contribution in [2.24, 2.45) is 0 Å². The van der Waals surface area contributed by atoms with Crippen LogP contribution in [-0.2, 0) is 11.2 Å². The van der Waals surface area contributed by atoms with Gasteiger partial charge in [0.2, 0.25) is 0 Å². The third-order valence-corrected chi connectivity index (χ3v) is 3.20. The molecule has 2 aromatic carbocycles. The zero-order valence-electron chi connectivity index (χ0n) is 11.8. The van der Waals surface area contributed by atoms with E-state index in [1.165, 1.54) is 5.56 Å². The summed E-state index contributed by atoms with van der Waals surface area (Å²) in [6.45, 7) is 2.11. The van der Waals surface area contributed by atoms with Crippen molar-refractivity contribution in [2.45, 2.75) is 32.3 Å². The second kappa shape index (κ2) is 7.49. The van der Waals surface area contributed by atoms with E-state index in [4.69, 9.17) is 4.74 Å². The Bertz CT molecular complexity index is 520. The number of hydrogen-bond acceptors (Lipinski definition) is 2. The molecule has 0 radical (unpaired) electrons. The first-order valence-electron chi connectivity index (χ1n) is 7.09. The highest BCUT2D eigenvalue weighted by molar-refractivity contribution is 5.89. The van der Waals surface area contributed by atoms with Crippen molar-refractivity contribution < 1.29 is 9.53 Å². The second-order valence-electron chi connectivity index (χ2n) is 4.87. The molecule has 0 aliphatic rings. The van der Waals surface area contributed by atoms with Crippen LogP contribution in [0.3, 0.4) is 0 Å². The van der Waals surface area contributed by atoms with Crippen molar-refractivity contribution in [3.8, 4) is 0 Å². The van der Waals surface area contributed by atoms with Crippen LogP contribution < -0.4 is 0 Å². The zero-order chi connectivity index (χ0) is 14.2. The largest absolute Gasteiger partial charge is 0.458 e. The fraction of sp³-hybridized carbons (Fsp3) is 0.278. The maximum Gasteiger partial charge on any atom is 0.338 e. The van der Waals surface area contributed by atoms with Crippen LogP contribution in [0.1, 0.15) is 35.7 Å². The molecule has 0 aliphatic carbocycles. The quantitative estimate of drug-likeness (QED) is 0.732. The van der Waals surface area contributed by atoms with Gasteiger partial charge in [0.15, 0.2) is 0 Å². The Morgan fingerprint density at radius 2 is 1.60 bits per heavy atom. The summed E-state index contributed by atoms with van der Waals surface area (Å²) < 4.78 is 5.64. The van der Waals surface area contributed by atoms with Gasteiger partial charge in [0.05, 0.1) is 5.56 Å². The Morgan fingerprint density at radius 3 is 2.20 bits per heavy atom. The molecule has 104 valence electrons. The van der Waals surface area contributed by atoms with Crippen LogP contribution in [0.2, 0.25) is 0 Å². The predicted octanol–water partition coefficient (Wildman–Crippen LogP) is 4.25. The standard InChI is InChI=1S/C18H20O2/c1-2-9-17(14-15-10-5-3-6-11-15)20-18(19)16-12-7-4-8-13-16/h3-8,10-13,17H,2,9,14H2,1H3. The summed E-state index contributed by atoms with van der Waals surface area (Å²) in [7, 11) is 0. The zero-order valence-corrected chi connectivity index (χ0v) is 11.8. The van der Waals surface area contributed by atoms with Crippen LogP contribution in [0.4, 0.5) is 0 Å². The Morgan fingerprint density at radius 1 is 1.00 bits per heavy atom. The molecule has 0 fully saturated rings. The Balaban J connectivity index is 2.00. The van der Waals surface area contributed by atoms with Crippen molar-refractivity contribution in [3.05, 3.63) is 71.8 Å². The first kappa shape index (κ1) is 14.3. The van der Waals surface area contributed by atoms with Crippen LogP contribution in [0.15, 0.2) is 60.7 Å².